The number of carbonyl (C=O) groups excluding carboxylic acids is 1. The van der Waals surface area contributed by atoms with Crippen LogP contribution < -0.4 is 14.8 Å². The van der Waals surface area contributed by atoms with Gasteiger partial charge in [-0.2, -0.15) is 4.72 Å². The molecule has 0 saturated heterocycles. The van der Waals surface area contributed by atoms with Gasteiger partial charge in [0.15, 0.2) is 0 Å². The Balaban J connectivity index is 1.95. The van der Waals surface area contributed by atoms with Gasteiger partial charge in [-0.05, 0) is 61.2 Å². The first-order valence-electron chi connectivity index (χ1n) is 9.97. The fourth-order valence-electron chi connectivity index (χ4n) is 3.23. The SMILES string of the molecule is COc1ccc(C)cc1S(=O)(=O)N[C@H](Cc1ccccc1)C(=O)Nc1cc(Cl)ccc1C. The molecule has 0 aliphatic heterocycles. The maximum absolute atomic E-state index is 13.3. The summed E-state index contributed by atoms with van der Waals surface area (Å²) in [6.45, 7) is 3.62. The summed E-state index contributed by atoms with van der Waals surface area (Å²) < 4.78 is 34.3. The van der Waals surface area contributed by atoms with Crippen LogP contribution in [0.5, 0.6) is 5.75 Å². The number of anilines is 1. The van der Waals surface area contributed by atoms with E-state index < -0.39 is 22.0 Å². The van der Waals surface area contributed by atoms with Gasteiger partial charge in [-0.15, -0.1) is 0 Å². The zero-order chi connectivity index (χ0) is 23.3. The molecule has 3 aromatic rings. The summed E-state index contributed by atoms with van der Waals surface area (Å²) in [5.41, 5.74) is 2.90. The van der Waals surface area contributed by atoms with Crippen LogP contribution >= 0.6 is 11.6 Å². The quantitative estimate of drug-likeness (QED) is 0.505. The van der Waals surface area contributed by atoms with E-state index >= 15 is 0 Å². The van der Waals surface area contributed by atoms with E-state index in [-0.39, 0.29) is 17.1 Å². The summed E-state index contributed by atoms with van der Waals surface area (Å²) in [7, 11) is -2.66. The molecule has 0 fully saturated rings. The van der Waals surface area contributed by atoms with E-state index in [1.807, 2.05) is 37.3 Å². The number of hydrogen-bond acceptors (Lipinski definition) is 4. The lowest BCUT2D eigenvalue weighted by atomic mass is 10.1. The zero-order valence-corrected chi connectivity index (χ0v) is 19.6. The lowest BCUT2D eigenvalue weighted by Gasteiger charge is -2.20. The molecule has 0 aliphatic rings. The van der Waals surface area contributed by atoms with Crippen molar-refractivity contribution in [1.82, 2.24) is 4.72 Å². The number of ether oxygens (including phenoxy) is 1. The molecule has 6 nitrogen and oxygen atoms in total. The number of aryl methyl sites for hydroxylation is 2. The van der Waals surface area contributed by atoms with Gasteiger partial charge in [-0.25, -0.2) is 8.42 Å². The average Bonchev–Trinajstić information content (AvgIpc) is 2.76. The van der Waals surface area contributed by atoms with Gasteiger partial charge in [0.2, 0.25) is 15.9 Å². The Labute approximate surface area is 193 Å². The summed E-state index contributed by atoms with van der Waals surface area (Å²) in [4.78, 5) is 13.2. The molecule has 1 amide bonds. The maximum Gasteiger partial charge on any atom is 0.245 e. The number of hydrogen-bond donors (Lipinski definition) is 2. The van der Waals surface area contributed by atoms with Crippen molar-refractivity contribution >= 4 is 33.2 Å². The highest BCUT2D eigenvalue weighted by molar-refractivity contribution is 7.89. The zero-order valence-electron chi connectivity index (χ0n) is 18.1. The van der Waals surface area contributed by atoms with Crippen molar-refractivity contribution in [2.24, 2.45) is 0 Å². The summed E-state index contributed by atoms with van der Waals surface area (Å²) >= 11 is 6.07. The highest BCUT2D eigenvalue weighted by Gasteiger charge is 2.28. The average molecular weight is 473 g/mol. The van der Waals surface area contributed by atoms with Crippen molar-refractivity contribution in [3.63, 3.8) is 0 Å². The predicted molar refractivity (Wildman–Crippen MR) is 127 cm³/mol. The number of amides is 1. The van der Waals surface area contributed by atoms with Gasteiger partial charge < -0.3 is 10.1 Å². The van der Waals surface area contributed by atoms with Crippen LogP contribution in [-0.4, -0.2) is 27.5 Å². The monoisotopic (exact) mass is 472 g/mol. The van der Waals surface area contributed by atoms with Gasteiger partial charge in [0.1, 0.15) is 16.7 Å². The van der Waals surface area contributed by atoms with Crippen LogP contribution in [0.15, 0.2) is 71.6 Å². The summed E-state index contributed by atoms with van der Waals surface area (Å²) in [5.74, 6) is -0.290. The molecule has 0 aromatic heterocycles. The topological polar surface area (TPSA) is 84.5 Å². The molecule has 3 rings (SSSR count). The van der Waals surface area contributed by atoms with E-state index in [9.17, 15) is 13.2 Å². The van der Waals surface area contributed by atoms with Crippen LogP contribution in [0.2, 0.25) is 5.02 Å². The van der Waals surface area contributed by atoms with Gasteiger partial charge >= 0.3 is 0 Å². The van der Waals surface area contributed by atoms with Crippen LogP contribution in [0.25, 0.3) is 0 Å². The molecular weight excluding hydrogens is 448 g/mol. The molecule has 1 atom stereocenters. The van der Waals surface area contributed by atoms with Crippen molar-refractivity contribution in [2.45, 2.75) is 31.2 Å². The number of sulfonamides is 1. The minimum atomic E-state index is -4.06. The molecule has 0 bridgehead atoms. The second kappa shape index (κ2) is 10.2. The molecule has 8 heteroatoms. The first kappa shape index (κ1) is 23.8. The molecule has 2 N–H and O–H groups in total. The summed E-state index contributed by atoms with van der Waals surface area (Å²) in [6, 6.07) is 18.1. The third kappa shape index (κ3) is 5.88. The van der Waals surface area contributed by atoms with E-state index in [0.717, 1.165) is 16.7 Å². The minimum Gasteiger partial charge on any atom is -0.495 e. The lowest BCUT2D eigenvalue weighted by molar-refractivity contribution is -0.117. The van der Waals surface area contributed by atoms with Crippen LogP contribution in [0.1, 0.15) is 16.7 Å². The molecule has 0 saturated carbocycles. The fourth-order valence-corrected chi connectivity index (χ4v) is 4.85. The fraction of sp³-hybridized carbons (Fsp3) is 0.208. The Morgan fingerprint density at radius 1 is 1.03 bits per heavy atom. The molecule has 3 aromatic carbocycles. The molecule has 0 unspecified atom stereocenters. The van der Waals surface area contributed by atoms with Crippen molar-refractivity contribution in [3.05, 3.63) is 88.4 Å². The van der Waals surface area contributed by atoms with Gasteiger partial charge in [-0.3, -0.25) is 4.79 Å². The molecule has 0 radical (unpaired) electrons. The van der Waals surface area contributed by atoms with Gasteiger partial charge in [0.25, 0.3) is 0 Å². The highest BCUT2D eigenvalue weighted by atomic mass is 35.5. The molecule has 32 heavy (non-hydrogen) atoms. The second-order valence-electron chi connectivity index (χ2n) is 7.47. The van der Waals surface area contributed by atoms with Crippen LogP contribution in [0.3, 0.4) is 0 Å². The highest BCUT2D eigenvalue weighted by Crippen LogP contribution is 2.26. The second-order valence-corrected chi connectivity index (χ2v) is 9.59. The molecule has 0 heterocycles. The van der Waals surface area contributed by atoms with Gasteiger partial charge in [0.05, 0.1) is 7.11 Å². The molecular formula is C24H25ClN2O4S. The first-order valence-corrected chi connectivity index (χ1v) is 11.8. The Bertz CT molecular complexity index is 1210. The van der Waals surface area contributed by atoms with Crippen molar-refractivity contribution < 1.29 is 17.9 Å². The van der Waals surface area contributed by atoms with Gasteiger partial charge in [0, 0.05) is 10.7 Å². The Kier molecular flexibility index (Phi) is 7.56. The maximum atomic E-state index is 13.3. The first-order chi connectivity index (χ1) is 15.2. The van der Waals surface area contributed by atoms with Gasteiger partial charge in [-0.1, -0.05) is 54.1 Å². The normalized spacial score (nSPS) is 12.2. The number of methoxy groups -OCH3 is 1. The number of halogens is 1. The third-order valence-corrected chi connectivity index (χ3v) is 6.69. The molecule has 0 spiro atoms. The van der Waals surface area contributed by atoms with Crippen LogP contribution in [0, 0.1) is 13.8 Å². The lowest BCUT2D eigenvalue weighted by Crippen LogP contribution is -2.45. The van der Waals surface area contributed by atoms with E-state index in [1.54, 1.807) is 37.3 Å². The summed E-state index contributed by atoms with van der Waals surface area (Å²) in [5, 5.41) is 3.27. The minimum absolute atomic E-state index is 0.0233. The van der Waals surface area contributed by atoms with Crippen molar-refractivity contribution in [2.75, 3.05) is 12.4 Å². The van der Waals surface area contributed by atoms with E-state index in [0.29, 0.717) is 10.7 Å². The van der Waals surface area contributed by atoms with E-state index in [1.165, 1.54) is 13.2 Å². The van der Waals surface area contributed by atoms with Crippen LogP contribution in [-0.2, 0) is 21.2 Å². The Hall–Kier alpha value is -2.87. The number of carbonyl (C=O) groups is 1. The van der Waals surface area contributed by atoms with E-state index in [2.05, 4.69) is 10.0 Å². The van der Waals surface area contributed by atoms with E-state index in [4.69, 9.17) is 16.3 Å². The van der Waals surface area contributed by atoms with Crippen molar-refractivity contribution in [3.8, 4) is 5.75 Å². The largest absolute Gasteiger partial charge is 0.495 e. The standard InChI is InChI=1S/C24H25ClN2O4S/c1-16-9-12-22(31-3)23(13-16)32(29,30)27-21(14-18-7-5-4-6-8-18)24(28)26-20-15-19(25)11-10-17(20)2/h4-13,15,21,27H,14H2,1-3H3,(H,26,28)/t21-/m1/s1. The van der Waals surface area contributed by atoms with Crippen molar-refractivity contribution in [1.29, 1.82) is 0 Å². The third-order valence-electron chi connectivity index (χ3n) is 4.96. The number of rotatable bonds is 8. The molecule has 168 valence electrons. The smallest absolute Gasteiger partial charge is 0.245 e. The predicted octanol–water partition coefficient (Wildman–Crippen LogP) is 4.49. The summed E-state index contributed by atoms with van der Waals surface area (Å²) in [6.07, 6.45) is 0.166. The Morgan fingerprint density at radius 2 is 1.75 bits per heavy atom. The molecule has 0 aliphatic carbocycles. The number of nitrogens with one attached hydrogen (secondary N) is 2. The number of benzene rings is 3. The Morgan fingerprint density at radius 3 is 2.44 bits per heavy atom. The van der Waals surface area contributed by atoms with Crippen LogP contribution in [0.4, 0.5) is 5.69 Å².